The Kier molecular flexibility index (Phi) is 5.22. The zero-order valence-electron chi connectivity index (χ0n) is 13.9. The highest BCUT2D eigenvalue weighted by Crippen LogP contribution is 2.31. The molecule has 1 N–H and O–H groups in total. The van der Waals surface area contributed by atoms with E-state index in [2.05, 4.69) is 36.1 Å². The molecule has 0 radical (unpaired) electrons. The summed E-state index contributed by atoms with van der Waals surface area (Å²) in [6.45, 7) is 6.01. The van der Waals surface area contributed by atoms with Crippen LogP contribution < -0.4 is 10.2 Å². The second-order valence-corrected chi connectivity index (χ2v) is 6.35. The number of anilines is 1. The molecular formula is C17H28FN3. The maximum Gasteiger partial charge on any atom is 0.126 e. The lowest BCUT2D eigenvalue weighted by molar-refractivity contribution is 0.249. The van der Waals surface area contributed by atoms with Gasteiger partial charge < -0.3 is 15.1 Å². The van der Waals surface area contributed by atoms with Gasteiger partial charge in [0, 0.05) is 30.9 Å². The lowest BCUT2D eigenvalue weighted by Crippen LogP contribution is -2.42. The quantitative estimate of drug-likeness (QED) is 0.921. The minimum atomic E-state index is -0.112. The molecule has 118 valence electrons. The second kappa shape index (κ2) is 6.75. The smallest absolute Gasteiger partial charge is 0.126 e. The molecule has 1 aromatic carbocycles. The molecule has 4 heteroatoms. The van der Waals surface area contributed by atoms with Crippen LogP contribution in [0, 0.1) is 12.7 Å². The summed E-state index contributed by atoms with van der Waals surface area (Å²) >= 11 is 0. The highest BCUT2D eigenvalue weighted by atomic mass is 19.1. The molecule has 1 aromatic rings. The summed E-state index contributed by atoms with van der Waals surface area (Å²) in [5.41, 5.74) is 2.98. The van der Waals surface area contributed by atoms with E-state index in [4.69, 9.17) is 0 Å². The van der Waals surface area contributed by atoms with Crippen LogP contribution >= 0.6 is 0 Å². The Hall–Kier alpha value is -1.13. The van der Waals surface area contributed by atoms with Crippen molar-refractivity contribution in [3.05, 3.63) is 29.1 Å². The van der Waals surface area contributed by atoms with Crippen LogP contribution in [0.4, 0.5) is 10.1 Å². The molecule has 0 amide bonds. The summed E-state index contributed by atoms with van der Waals surface area (Å²) in [7, 11) is 6.22. The van der Waals surface area contributed by atoms with Gasteiger partial charge in [-0.15, -0.1) is 0 Å². The van der Waals surface area contributed by atoms with E-state index in [9.17, 15) is 4.39 Å². The van der Waals surface area contributed by atoms with Gasteiger partial charge in [-0.2, -0.15) is 0 Å². The number of nitrogens with zero attached hydrogens (tertiary/aromatic N) is 2. The van der Waals surface area contributed by atoms with E-state index in [-0.39, 0.29) is 11.9 Å². The molecule has 1 fully saturated rings. The van der Waals surface area contributed by atoms with E-state index in [0.29, 0.717) is 6.04 Å². The molecule has 0 aromatic heterocycles. The zero-order chi connectivity index (χ0) is 15.6. The van der Waals surface area contributed by atoms with E-state index < -0.39 is 0 Å². The Labute approximate surface area is 128 Å². The first kappa shape index (κ1) is 16.2. The van der Waals surface area contributed by atoms with Crippen LogP contribution in [0.1, 0.15) is 36.9 Å². The Balaban J connectivity index is 2.25. The number of rotatable bonds is 4. The molecule has 1 aliphatic rings. The van der Waals surface area contributed by atoms with Crippen molar-refractivity contribution in [1.82, 2.24) is 10.2 Å². The third kappa shape index (κ3) is 3.55. The topological polar surface area (TPSA) is 18.5 Å². The minimum Gasteiger partial charge on any atom is -0.371 e. The van der Waals surface area contributed by atoms with Gasteiger partial charge >= 0.3 is 0 Å². The van der Waals surface area contributed by atoms with Crippen molar-refractivity contribution in [3.8, 4) is 0 Å². The van der Waals surface area contributed by atoms with Crippen molar-refractivity contribution in [1.29, 1.82) is 0 Å². The van der Waals surface area contributed by atoms with Gasteiger partial charge in [-0.25, -0.2) is 4.39 Å². The molecule has 1 saturated heterocycles. The molecule has 21 heavy (non-hydrogen) atoms. The molecule has 1 unspecified atom stereocenters. The van der Waals surface area contributed by atoms with Crippen LogP contribution in [0.5, 0.6) is 0 Å². The number of halogens is 1. The molecule has 1 aliphatic heterocycles. The summed E-state index contributed by atoms with van der Waals surface area (Å²) in [5, 5.41) is 3.23. The standard InChI is InChI=1S/C17H28FN3/c1-12-10-17(15(11-16(12)18)13(2)19-3)21-8-6-14(7-9-21)20(4)5/h10-11,13-14,19H,6-9H2,1-5H3. The van der Waals surface area contributed by atoms with Crippen LogP contribution in [-0.2, 0) is 0 Å². The fourth-order valence-corrected chi connectivity index (χ4v) is 3.08. The summed E-state index contributed by atoms with van der Waals surface area (Å²) < 4.78 is 13.9. The van der Waals surface area contributed by atoms with Crippen molar-refractivity contribution in [3.63, 3.8) is 0 Å². The lowest BCUT2D eigenvalue weighted by Gasteiger charge is -2.38. The maximum absolute atomic E-state index is 13.9. The number of nitrogens with one attached hydrogen (secondary N) is 1. The Morgan fingerprint density at radius 1 is 1.29 bits per heavy atom. The maximum atomic E-state index is 13.9. The Bertz CT molecular complexity index is 479. The number of piperidine rings is 1. The Morgan fingerprint density at radius 2 is 1.90 bits per heavy atom. The van der Waals surface area contributed by atoms with E-state index in [1.165, 1.54) is 5.69 Å². The number of aryl methyl sites for hydroxylation is 1. The first-order valence-corrected chi connectivity index (χ1v) is 7.82. The van der Waals surface area contributed by atoms with Gasteiger partial charge in [0.1, 0.15) is 5.82 Å². The van der Waals surface area contributed by atoms with Gasteiger partial charge in [0.25, 0.3) is 0 Å². The SMILES string of the molecule is CNC(C)c1cc(F)c(C)cc1N1CCC(N(C)C)CC1. The highest BCUT2D eigenvalue weighted by Gasteiger charge is 2.24. The average Bonchev–Trinajstić information content (AvgIpc) is 2.48. The third-order valence-electron chi connectivity index (χ3n) is 4.74. The van der Waals surface area contributed by atoms with Crippen LogP contribution in [0.25, 0.3) is 0 Å². The molecule has 1 atom stereocenters. The summed E-state index contributed by atoms with van der Waals surface area (Å²) in [6.07, 6.45) is 2.33. The zero-order valence-corrected chi connectivity index (χ0v) is 13.9. The molecule has 0 bridgehead atoms. The van der Waals surface area contributed by atoms with Gasteiger partial charge in [0.2, 0.25) is 0 Å². The van der Waals surface area contributed by atoms with Gasteiger partial charge in [0.05, 0.1) is 0 Å². The average molecular weight is 293 g/mol. The van der Waals surface area contributed by atoms with Gasteiger partial charge in [-0.3, -0.25) is 0 Å². The number of benzene rings is 1. The van der Waals surface area contributed by atoms with Crippen molar-refractivity contribution >= 4 is 5.69 Å². The van der Waals surface area contributed by atoms with Crippen molar-refractivity contribution in [2.75, 3.05) is 39.1 Å². The first-order chi connectivity index (χ1) is 9.93. The molecule has 0 spiro atoms. The predicted molar refractivity (Wildman–Crippen MR) is 87.5 cm³/mol. The Morgan fingerprint density at radius 3 is 2.43 bits per heavy atom. The largest absolute Gasteiger partial charge is 0.371 e. The summed E-state index contributed by atoms with van der Waals surface area (Å²) in [5.74, 6) is -0.112. The van der Waals surface area contributed by atoms with Crippen LogP contribution in [0.2, 0.25) is 0 Å². The third-order valence-corrected chi connectivity index (χ3v) is 4.74. The molecule has 0 saturated carbocycles. The molecule has 0 aliphatic carbocycles. The fraction of sp³-hybridized carbons (Fsp3) is 0.647. The van der Waals surface area contributed by atoms with Gasteiger partial charge in [0.15, 0.2) is 0 Å². The van der Waals surface area contributed by atoms with Crippen LogP contribution in [0.15, 0.2) is 12.1 Å². The van der Waals surface area contributed by atoms with Crippen molar-refractivity contribution in [2.45, 2.75) is 38.8 Å². The molecular weight excluding hydrogens is 265 g/mol. The number of hydrogen-bond acceptors (Lipinski definition) is 3. The van der Waals surface area contributed by atoms with Gasteiger partial charge in [-0.1, -0.05) is 0 Å². The number of hydrogen-bond donors (Lipinski definition) is 1. The van der Waals surface area contributed by atoms with Crippen LogP contribution in [0.3, 0.4) is 0 Å². The predicted octanol–water partition coefficient (Wildman–Crippen LogP) is 2.94. The molecule has 3 nitrogen and oxygen atoms in total. The molecule has 1 heterocycles. The van der Waals surface area contributed by atoms with E-state index in [1.54, 1.807) is 6.07 Å². The van der Waals surface area contributed by atoms with E-state index >= 15 is 0 Å². The van der Waals surface area contributed by atoms with Crippen molar-refractivity contribution < 1.29 is 4.39 Å². The molecule has 2 rings (SSSR count). The van der Waals surface area contributed by atoms with Crippen molar-refractivity contribution in [2.24, 2.45) is 0 Å². The highest BCUT2D eigenvalue weighted by molar-refractivity contribution is 5.57. The lowest BCUT2D eigenvalue weighted by atomic mass is 9.98. The fourth-order valence-electron chi connectivity index (χ4n) is 3.08. The minimum absolute atomic E-state index is 0.112. The van der Waals surface area contributed by atoms with Gasteiger partial charge in [-0.05, 0) is 71.1 Å². The van der Waals surface area contributed by atoms with E-state index in [0.717, 1.165) is 37.1 Å². The second-order valence-electron chi connectivity index (χ2n) is 6.35. The summed E-state index contributed by atoms with van der Waals surface area (Å²) in [6, 6.07) is 4.52. The first-order valence-electron chi connectivity index (χ1n) is 7.82. The monoisotopic (exact) mass is 293 g/mol. The summed E-state index contributed by atoms with van der Waals surface area (Å²) in [4.78, 5) is 4.72. The van der Waals surface area contributed by atoms with Crippen LogP contribution in [-0.4, -0.2) is 45.2 Å². The normalized spacial score (nSPS) is 18.3. The van der Waals surface area contributed by atoms with E-state index in [1.807, 2.05) is 20.0 Å².